The van der Waals surface area contributed by atoms with Gasteiger partial charge in [-0.3, -0.25) is 9.36 Å². The molecule has 45 heavy (non-hydrogen) atoms. The van der Waals surface area contributed by atoms with E-state index in [-0.39, 0.29) is 24.6 Å². The molecule has 1 aromatic heterocycles. The van der Waals surface area contributed by atoms with Crippen molar-refractivity contribution in [3.8, 4) is 5.75 Å². The van der Waals surface area contributed by atoms with E-state index in [0.29, 0.717) is 57.5 Å². The lowest BCUT2D eigenvalue weighted by Crippen LogP contribution is -2.59. The van der Waals surface area contributed by atoms with Crippen molar-refractivity contribution in [1.29, 1.82) is 0 Å². The molecular weight excluding hydrogens is 571 g/mol. The summed E-state index contributed by atoms with van der Waals surface area (Å²) in [4.78, 5) is 25.9. The van der Waals surface area contributed by atoms with Crippen LogP contribution in [0.15, 0.2) is 52.5 Å². The molecule has 1 saturated heterocycles. The van der Waals surface area contributed by atoms with Gasteiger partial charge in [0.05, 0.1) is 43.0 Å². The van der Waals surface area contributed by atoms with Crippen molar-refractivity contribution >= 4 is 22.5 Å². The number of guanidine groups is 1. The molecule has 2 aromatic carbocycles. The molecule has 9 nitrogen and oxygen atoms in total. The van der Waals surface area contributed by atoms with Gasteiger partial charge in [-0.1, -0.05) is 26.8 Å². The van der Waals surface area contributed by atoms with Gasteiger partial charge in [0, 0.05) is 36.9 Å². The predicted octanol–water partition coefficient (Wildman–Crippen LogP) is 4.84. The van der Waals surface area contributed by atoms with E-state index in [9.17, 15) is 14.3 Å². The van der Waals surface area contributed by atoms with E-state index in [4.69, 9.17) is 9.73 Å². The van der Waals surface area contributed by atoms with Crippen molar-refractivity contribution in [1.82, 2.24) is 19.8 Å². The van der Waals surface area contributed by atoms with Crippen molar-refractivity contribution in [2.75, 3.05) is 32.1 Å². The number of aromatic nitrogens is 2. The van der Waals surface area contributed by atoms with Crippen LogP contribution in [0.4, 0.5) is 10.1 Å². The molecule has 2 heterocycles. The van der Waals surface area contributed by atoms with Crippen LogP contribution in [0.2, 0.25) is 0 Å². The number of rotatable bonds is 7. The number of fused-ring (bicyclic) bond motifs is 3. The Labute approximate surface area is 264 Å². The van der Waals surface area contributed by atoms with Crippen LogP contribution >= 0.6 is 0 Å². The van der Waals surface area contributed by atoms with Crippen LogP contribution in [0.3, 0.4) is 0 Å². The first-order valence-corrected chi connectivity index (χ1v) is 16.3. The molecule has 0 amide bonds. The Hall–Kier alpha value is -3.50. The minimum Gasteiger partial charge on any atom is -0.497 e. The van der Waals surface area contributed by atoms with Gasteiger partial charge in [-0.15, -0.1) is 0 Å². The summed E-state index contributed by atoms with van der Waals surface area (Å²) in [5, 5.41) is 17.8. The fourth-order valence-corrected chi connectivity index (χ4v) is 8.07. The number of nitrogens with one attached hydrogen (secondary N) is 2. The number of hydrogen-bond acceptors (Lipinski definition) is 6. The third-order valence-electron chi connectivity index (χ3n) is 10.8. The second kappa shape index (κ2) is 12.4. The van der Waals surface area contributed by atoms with E-state index in [1.165, 1.54) is 30.5 Å². The number of aliphatic hydroxyl groups excluding tert-OH is 1. The molecule has 0 spiro atoms. The molecule has 7 atom stereocenters. The Kier molecular flexibility index (Phi) is 8.65. The van der Waals surface area contributed by atoms with E-state index in [1.54, 1.807) is 18.2 Å². The van der Waals surface area contributed by atoms with Crippen molar-refractivity contribution in [3.63, 3.8) is 0 Å². The number of hydrogen-bond donors (Lipinski definition) is 3. The van der Waals surface area contributed by atoms with Crippen LogP contribution in [0.5, 0.6) is 5.75 Å². The zero-order chi connectivity index (χ0) is 32.0. The van der Waals surface area contributed by atoms with Gasteiger partial charge < -0.3 is 25.4 Å². The molecule has 3 saturated carbocycles. The highest BCUT2D eigenvalue weighted by atomic mass is 19.1. The maximum Gasteiger partial charge on any atom is 0.261 e. The first-order valence-electron chi connectivity index (χ1n) is 16.3. The van der Waals surface area contributed by atoms with Gasteiger partial charge in [-0.25, -0.2) is 14.4 Å². The van der Waals surface area contributed by atoms with Crippen LogP contribution in [-0.2, 0) is 6.42 Å². The molecule has 0 radical (unpaired) electrons. The van der Waals surface area contributed by atoms with Gasteiger partial charge in [0.15, 0.2) is 5.96 Å². The summed E-state index contributed by atoms with van der Waals surface area (Å²) in [5.74, 6) is 2.77. The van der Waals surface area contributed by atoms with Gasteiger partial charge in [-0.2, -0.15) is 0 Å². The lowest BCUT2D eigenvalue weighted by Gasteiger charge is -2.61. The van der Waals surface area contributed by atoms with Crippen molar-refractivity contribution in [2.45, 2.75) is 78.0 Å². The minimum absolute atomic E-state index is 0.138. The third-order valence-corrected chi connectivity index (χ3v) is 10.8. The standard InChI is InChI=1S/C35H47FN6O3/c1-20-16-41(17-21(2)38-20)34(40-31-13-24-12-29(22(31)3)35(24,4)5)39-25-8-10-28-32(14-25)37-19-42(33(28)44)26(18-43)11-23-7-9-27(45-6)15-30(23)36/h7-10,14-15,19-22,24,26,29,31,38,43H,11-13,16-18H2,1-6H3,(H,39,40)/t20-,21+,22-,24-,26-,29+,31-/m0/s1. The van der Waals surface area contributed by atoms with Crippen molar-refractivity contribution < 1.29 is 14.2 Å². The van der Waals surface area contributed by atoms with Gasteiger partial charge in [0.2, 0.25) is 0 Å². The fourth-order valence-electron chi connectivity index (χ4n) is 8.07. The number of methoxy groups -OCH3 is 1. The fraction of sp³-hybridized carbons (Fsp3) is 0.571. The molecule has 3 N–H and O–H groups in total. The number of nitrogens with zero attached hydrogens (tertiary/aromatic N) is 4. The summed E-state index contributed by atoms with van der Waals surface area (Å²) in [6.07, 6.45) is 4.01. The SMILES string of the molecule is COc1ccc(C[C@@H](CO)n2cnc3cc(NC(=N[C@H]4C[C@@H]5C[C@H]([C@@H]4C)C5(C)C)N4C[C@@H](C)N[C@@H](C)C4)ccc3c2=O)c(F)c1. The van der Waals surface area contributed by atoms with Crippen molar-refractivity contribution in [3.05, 3.63) is 64.5 Å². The second-order valence-corrected chi connectivity index (χ2v) is 14.2. The van der Waals surface area contributed by atoms with E-state index in [1.807, 2.05) is 12.1 Å². The second-order valence-electron chi connectivity index (χ2n) is 14.2. The number of anilines is 1. The Balaban J connectivity index is 1.27. The lowest BCUT2D eigenvalue weighted by molar-refractivity contribution is -0.108. The number of halogens is 1. The molecular formula is C35H47FN6O3. The highest BCUT2D eigenvalue weighted by Gasteiger charge is 2.56. The smallest absolute Gasteiger partial charge is 0.261 e. The molecule has 3 aromatic rings. The minimum atomic E-state index is -0.667. The van der Waals surface area contributed by atoms with Crippen LogP contribution in [0.1, 0.15) is 59.1 Å². The van der Waals surface area contributed by atoms with Crippen LogP contribution in [0.25, 0.3) is 10.9 Å². The average Bonchev–Trinajstić information content (AvgIpc) is 3.00. The number of piperazine rings is 1. The summed E-state index contributed by atoms with van der Waals surface area (Å²) in [6, 6.07) is 10.4. The topological polar surface area (TPSA) is 104 Å². The van der Waals surface area contributed by atoms with Gasteiger partial charge in [0.1, 0.15) is 11.6 Å². The molecule has 0 unspecified atom stereocenters. The van der Waals surface area contributed by atoms with E-state index in [2.05, 4.69) is 55.1 Å². The molecule has 7 rings (SSSR count). The third kappa shape index (κ3) is 6.06. The van der Waals surface area contributed by atoms with E-state index < -0.39 is 11.9 Å². The average molecular weight is 619 g/mol. The van der Waals surface area contributed by atoms with Gasteiger partial charge >= 0.3 is 0 Å². The zero-order valence-corrected chi connectivity index (χ0v) is 27.3. The monoisotopic (exact) mass is 618 g/mol. The highest BCUT2D eigenvalue weighted by molar-refractivity contribution is 5.96. The van der Waals surface area contributed by atoms with E-state index >= 15 is 0 Å². The summed E-state index contributed by atoms with van der Waals surface area (Å²) in [7, 11) is 1.48. The first kappa shape index (κ1) is 31.5. The lowest BCUT2D eigenvalue weighted by atomic mass is 9.45. The Morgan fingerprint density at radius 1 is 1.18 bits per heavy atom. The zero-order valence-electron chi connectivity index (χ0n) is 27.3. The van der Waals surface area contributed by atoms with Crippen molar-refractivity contribution in [2.24, 2.45) is 28.2 Å². The predicted molar refractivity (Wildman–Crippen MR) is 176 cm³/mol. The quantitative estimate of drug-likeness (QED) is 0.257. The van der Waals surface area contributed by atoms with Crippen LogP contribution in [0, 0.1) is 29.0 Å². The summed E-state index contributed by atoms with van der Waals surface area (Å²) >= 11 is 0. The molecule has 242 valence electrons. The summed E-state index contributed by atoms with van der Waals surface area (Å²) in [5.41, 5.74) is 1.86. The normalized spacial score (nSPS) is 28.4. The molecule has 3 aliphatic carbocycles. The summed E-state index contributed by atoms with van der Waals surface area (Å²) < 4.78 is 21.2. The molecule has 1 aliphatic heterocycles. The number of aliphatic hydroxyl groups is 1. The molecule has 2 bridgehead atoms. The molecule has 4 aliphatic rings. The highest BCUT2D eigenvalue weighted by Crippen LogP contribution is 2.61. The maximum absolute atomic E-state index is 14.7. The van der Waals surface area contributed by atoms with E-state index in [0.717, 1.165) is 31.2 Å². The molecule has 4 fully saturated rings. The Morgan fingerprint density at radius 3 is 2.58 bits per heavy atom. The first-order chi connectivity index (χ1) is 21.5. The summed E-state index contributed by atoms with van der Waals surface area (Å²) in [6.45, 7) is 13.0. The van der Waals surface area contributed by atoms with Gasteiger partial charge in [0.25, 0.3) is 5.56 Å². The van der Waals surface area contributed by atoms with Crippen LogP contribution < -0.4 is 20.9 Å². The van der Waals surface area contributed by atoms with Crippen LogP contribution in [-0.4, -0.2) is 70.4 Å². The Morgan fingerprint density at radius 2 is 1.93 bits per heavy atom. The van der Waals surface area contributed by atoms with Gasteiger partial charge in [-0.05, 0) is 86.1 Å². The number of aliphatic imine (C=N–C) groups is 1. The molecule has 10 heteroatoms. The largest absolute Gasteiger partial charge is 0.497 e. The number of ether oxygens (including phenoxy) is 1. The maximum atomic E-state index is 14.7. The Bertz CT molecular complexity index is 1630. The number of benzene rings is 2.